The molecule has 0 radical (unpaired) electrons. The Morgan fingerprint density at radius 1 is 0.939 bits per heavy atom. The van der Waals surface area contributed by atoms with E-state index in [0.717, 1.165) is 33.1 Å². The topological polar surface area (TPSA) is 87.7 Å². The third-order valence-corrected chi connectivity index (χ3v) is 7.59. The zero-order chi connectivity index (χ0) is 23.3. The van der Waals surface area contributed by atoms with Gasteiger partial charge in [0, 0.05) is 57.8 Å². The van der Waals surface area contributed by atoms with Crippen LogP contribution in [0.5, 0.6) is 0 Å². The smallest absolute Gasteiger partial charge is 0.349 e. The third-order valence-electron chi connectivity index (χ3n) is 6.75. The number of carbonyl (C=O) groups excluding carboxylic acids is 2. The van der Waals surface area contributed by atoms with Crippen molar-refractivity contribution < 1.29 is 14.4 Å². The van der Waals surface area contributed by atoms with E-state index in [1.807, 2.05) is 86.5 Å². The first-order valence-electron chi connectivity index (χ1n) is 10.7. The lowest BCUT2D eigenvalue weighted by molar-refractivity contribution is -0.152. The zero-order valence-corrected chi connectivity index (χ0v) is 19.7. The van der Waals surface area contributed by atoms with Gasteiger partial charge in [-0.2, -0.15) is 5.48 Å². The molecule has 170 valence electrons. The van der Waals surface area contributed by atoms with E-state index in [4.69, 9.17) is 4.84 Å². The molecule has 1 aliphatic carbocycles. The van der Waals surface area contributed by atoms with Crippen molar-refractivity contribution in [1.82, 2.24) is 15.1 Å². The molecule has 9 heteroatoms. The highest BCUT2D eigenvalue weighted by Crippen LogP contribution is 2.58. The highest BCUT2D eigenvalue weighted by atomic mass is 32.1. The molecule has 1 aromatic heterocycles. The minimum atomic E-state index is -1.44. The van der Waals surface area contributed by atoms with Crippen LogP contribution in [0.3, 0.4) is 0 Å². The first-order valence-corrected chi connectivity index (χ1v) is 11.5. The van der Waals surface area contributed by atoms with Crippen LogP contribution in [0.15, 0.2) is 48.5 Å². The van der Waals surface area contributed by atoms with Crippen LogP contribution in [-0.2, 0) is 20.8 Å². The maximum atomic E-state index is 13.5. The molecule has 3 atom stereocenters. The summed E-state index contributed by atoms with van der Waals surface area (Å²) in [6, 6.07) is 15.9. The maximum Gasteiger partial charge on any atom is 0.349 e. The van der Waals surface area contributed by atoms with Crippen molar-refractivity contribution in [3.63, 3.8) is 0 Å². The maximum absolute atomic E-state index is 13.5. The van der Waals surface area contributed by atoms with Gasteiger partial charge in [0.15, 0.2) is 5.41 Å². The number of nitrogens with zero attached hydrogens (tertiary/aromatic N) is 4. The van der Waals surface area contributed by atoms with Crippen LogP contribution in [0.1, 0.15) is 33.5 Å². The summed E-state index contributed by atoms with van der Waals surface area (Å²) in [6.45, 7) is 0. The summed E-state index contributed by atoms with van der Waals surface area (Å²) in [7, 11) is 7.88. The van der Waals surface area contributed by atoms with Crippen molar-refractivity contribution >= 4 is 34.8 Å². The number of rotatable bonds is 4. The van der Waals surface area contributed by atoms with Crippen molar-refractivity contribution in [2.24, 2.45) is 5.41 Å². The summed E-state index contributed by atoms with van der Waals surface area (Å²) < 4.78 is 4.19. The summed E-state index contributed by atoms with van der Waals surface area (Å²) in [5.41, 5.74) is 5.56. The summed E-state index contributed by atoms with van der Waals surface area (Å²) >= 11 is 1.24. The molecule has 1 aliphatic heterocycles. The van der Waals surface area contributed by atoms with E-state index in [9.17, 15) is 9.59 Å². The summed E-state index contributed by atoms with van der Waals surface area (Å²) in [6.07, 6.45) is 0.432. The van der Waals surface area contributed by atoms with Crippen LogP contribution in [0, 0.1) is 5.41 Å². The molecule has 2 aliphatic rings. The third kappa shape index (κ3) is 3.18. The van der Waals surface area contributed by atoms with Gasteiger partial charge in [-0.15, -0.1) is 5.10 Å². The number of hydroxylamine groups is 1. The molecule has 1 fully saturated rings. The van der Waals surface area contributed by atoms with E-state index in [1.165, 1.54) is 11.5 Å². The Labute approximate surface area is 196 Å². The Kier molecular flexibility index (Phi) is 5.08. The minimum absolute atomic E-state index is 0.421. The fourth-order valence-electron chi connectivity index (χ4n) is 5.01. The van der Waals surface area contributed by atoms with Crippen LogP contribution < -0.4 is 15.3 Å². The molecule has 33 heavy (non-hydrogen) atoms. The SMILES string of the molecule is CN(C)c1ccc(C2Cc3nnsc3C(c3ccc(N(C)C)cc3)C23C(=O)NOC3=O)cc1. The molecule has 1 amide bonds. The van der Waals surface area contributed by atoms with Crippen molar-refractivity contribution in [2.45, 2.75) is 18.3 Å². The van der Waals surface area contributed by atoms with Gasteiger partial charge in [-0.25, -0.2) is 4.79 Å². The highest BCUT2D eigenvalue weighted by molar-refractivity contribution is 7.05. The average molecular weight is 464 g/mol. The van der Waals surface area contributed by atoms with Crippen molar-refractivity contribution in [1.29, 1.82) is 0 Å². The van der Waals surface area contributed by atoms with Crippen molar-refractivity contribution in [3.8, 4) is 0 Å². The van der Waals surface area contributed by atoms with Crippen LogP contribution in [0.4, 0.5) is 11.4 Å². The Bertz CT molecular complexity index is 1190. The van der Waals surface area contributed by atoms with Crippen LogP contribution in [0.2, 0.25) is 0 Å². The normalized spacial score (nSPS) is 23.8. The average Bonchev–Trinajstić information content (AvgIpc) is 3.39. The summed E-state index contributed by atoms with van der Waals surface area (Å²) in [4.78, 5) is 37.0. The fraction of sp³-hybridized carbons (Fsp3) is 0.333. The summed E-state index contributed by atoms with van der Waals surface area (Å²) in [5, 5.41) is 4.37. The van der Waals surface area contributed by atoms with Gasteiger partial charge >= 0.3 is 5.97 Å². The molecule has 1 saturated heterocycles. The van der Waals surface area contributed by atoms with Crippen LogP contribution in [-0.4, -0.2) is 49.7 Å². The van der Waals surface area contributed by atoms with E-state index >= 15 is 0 Å². The highest BCUT2D eigenvalue weighted by Gasteiger charge is 2.66. The zero-order valence-electron chi connectivity index (χ0n) is 18.9. The van der Waals surface area contributed by atoms with Gasteiger partial charge in [-0.05, 0) is 46.9 Å². The number of carbonyl (C=O) groups is 2. The van der Waals surface area contributed by atoms with E-state index < -0.39 is 29.1 Å². The first-order chi connectivity index (χ1) is 15.8. The lowest BCUT2D eigenvalue weighted by atomic mass is 9.57. The van der Waals surface area contributed by atoms with Crippen LogP contribution in [0.25, 0.3) is 0 Å². The molecule has 8 nitrogen and oxygen atoms in total. The van der Waals surface area contributed by atoms with Gasteiger partial charge in [0.1, 0.15) is 0 Å². The molecule has 5 rings (SSSR count). The number of nitrogens with one attached hydrogen (secondary N) is 1. The number of hydrogen-bond acceptors (Lipinski definition) is 8. The molecule has 2 aromatic carbocycles. The second kappa shape index (κ2) is 7.84. The Morgan fingerprint density at radius 3 is 2.03 bits per heavy atom. The number of benzene rings is 2. The predicted molar refractivity (Wildman–Crippen MR) is 126 cm³/mol. The lowest BCUT2D eigenvalue weighted by Crippen LogP contribution is -2.49. The Hall–Kier alpha value is -3.46. The first kappa shape index (κ1) is 21.4. The number of hydrogen-bond donors (Lipinski definition) is 1. The summed E-state index contributed by atoms with van der Waals surface area (Å²) in [5.74, 6) is -1.98. The van der Waals surface area contributed by atoms with Gasteiger partial charge in [-0.3, -0.25) is 4.79 Å². The van der Waals surface area contributed by atoms with Gasteiger partial charge in [-0.1, -0.05) is 28.8 Å². The molecular formula is C24H25N5O3S. The molecule has 1 spiro atoms. The fourth-order valence-corrected chi connectivity index (χ4v) is 5.89. The van der Waals surface area contributed by atoms with E-state index in [2.05, 4.69) is 15.1 Å². The standard InChI is InChI=1S/C24H25N5O3S/c1-28(2)16-9-5-14(6-10-16)18-13-19-21(33-27-25-19)20(24(18)22(30)26-32-23(24)31)15-7-11-17(12-8-15)29(3)4/h5-12,18,20H,13H2,1-4H3,(H,26,30). The number of fused-ring (bicyclic) bond motifs is 1. The quantitative estimate of drug-likeness (QED) is 0.595. The van der Waals surface area contributed by atoms with E-state index in [-0.39, 0.29) is 0 Å². The predicted octanol–water partition coefficient (Wildman–Crippen LogP) is 2.72. The Balaban J connectivity index is 1.71. The number of anilines is 2. The van der Waals surface area contributed by atoms with Gasteiger partial charge in [0.2, 0.25) is 0 Å². The van der Waals surface area contributed by atoms with Gasteiger partial charge in [0.25, 0.3) is 5.91 Å². The van der Waals surface area contributed by atoms with Crippen molar-refractivity contribution in [3.05, 3.63) is 70.2 Å². The number of amides is 1. The van der Waals surface area contributed by atoms with Gasteiger partial charge in [0.05, 0.1) is 10.6 Å². The lowest BCUT2D eigenvalue weighted by Gasteiger charge is -2.41. The minimum Gasteiger partial charge on any atom is -0.378 e. The van der Waals surface area contributed by atoms with Crippen LogP contribution >= 0.6 is 11.5 Å². The van der Waals surface area contributed by atoms with Crippen molar-refractivity contribution in [2.75, 3.05) is 38.0 Å². The molecule has 0 saturated carbocycles. The second-order valence-electron chi connectivity index (χ2n) is 8.94. The van der Waals surface area contributed by atoms with E-state index in [0.29, 0.717) is 6.42 Å². The Morgan fingerprint density at radius 2 is 1.52 bits per heavy atom. The monoisotopic (exact) mass is 463 g/mol. The molecule has 3 unspecified atom stereocenters. The molecule has 0 bridgehead atoms. The number of aromatic nitrogens is 2. The molecule has 1 N–H and O–H groups in total. The van der Waals surface area contributed by atoms with Gasteiger partial charge < -0.3 is 14.6 Å². The molecule has 3 aromatic rings. The molecule has 2 heterocycles. The second-order valence-corrected chi connectivity index (χ2v) is 9.72. The largest absolute Gasteiger partial charge is 0.378 e. The van der Waals surface area contributed by atoms with E-state index in [1.54, 1.807) is 0 Å². The molecular weight excluding hydrogens is 438 g/mol.